The number of benzene rings is 2. The first-order valence-corrected chi connectivity index (χ1v) is 8.62. The topological polar surface area (TPSA) is 112 Å². The fraction of sp³-hybridized carbons (Fsp3) is 0.263. The molecule has 9 nitrogen and oxygen atoms in total. The first kappa shape index (κ1) is 20.7. The van der Waals surface area contributed by atoms with Gasteiger partial charge in [-0.2, -0.15) is 5.10 Å². The summed E-state index contributed by atoms with van der Waals surface area (Å²) in [5.74, 6) is 0.674. The van der Waals surface area contributed by atoms with Crippen LogP contribution in [0.4, 0.5) is 5.69 Å². The lowest BCUT2D eigenvalue weighted by Gasteiger charge is -2.11. The van der Waals surface area contributed by atoms with Crippen LogP contribution in [0.1, 0.15) is 19.4 Å². The Labute approximate surface area is 162 Å². The molecule has 0 fully saturated rings. The molecule has 0 spiro atoms. The van der Waals surface area contributed by atoms with Gasteiger partial charge in [0.25, 0.3) is 5.91 Å². The van der Waals surface area contributed by atoms with Crippen LogP contribution in [0, 0.1) is 10.1 Å². The fourth-order valence-electron chi connectivity index (χ4n) is 2.23. The lowest BCUT2D eigenvalue weighted by Crippen LogP contribution is -2.24. The maximum Gasteiger partial charge on any atom is 0.310 e. The summed E-state index contributed by atoms with van der Waals surface area (Å²) in [4.78, 5) is 22.2. The van der Waals surface area contributed by atoms with Gasteiger partial charge in [-0.25, -0.2) is 5.43 Å². The van der Waals surface area contributed by atoms with Crippen molar-refractivity contribution in [3.63, 3.8) is 0 Å². The fourth-order valence-corrected chi connectivity index (χ4v) is 2.23. The summed E-state index contributed by atoms with van der Waals surface area (Å²) >= 11 is 0. The third-order valence-electron chi connectivity index (χ3n) is 3.39. The number of hydrogen-bond acceptors (Lipinski definition) is 7. The Hall–Kier alpha value is -3.62. The second-order valence-corrected chi connectivity index (χ2v) is 5.38. The van der Waals surface area contributed by atoms with Crippen LogP contribution < -0.4 is 19.6 Å². The number of nitro benzene ring substituents is 1. The molecule has 148 valence electrons. The van der Waals surface area contributed by atoms with E-state index in [1.807, 2.05) is 13.8 Å². The summed E-state index contributed by atoms with van der Waals surface area (Å²) in [7, 11) is 0. The summed E-state index contributed by atoms with van der Waals surface area (Å²) in [6, 6.07) is 11.1. The molecule has 28 heavy (non-hydrogen) atoms. The van der Waals surface area contributed by atoms with Crippen molar-refractivity contribution in [2.45, 2.75) is 13.8 Å². The number of hydrazone groups is 1. The molecule has 0 radical (unpaired) electrons. The highest BCUT2D eigenvalue weighted by molar-refractivity contribution is 5.83. The molecule has 0 saturated heterocycles. The molecule has 1 N–H and O–H groups in total. The van der Waals surface area contributed by atoms with E-state index in [2.05, 4.69) is 10.5 Å². The molecule has 0 saturated carbocycles. The molecular weight excluding hydrogens is 366 g/mol. The molecule has 0 unspecified atom stereocenters. The summed E-state index contributed by atoms with van der Waals surface area (Å²) in [6.07, 6.45) is 1.45. The van der Waals surface area contributed by atoms with E-state index < -0.39 is 17.4 Å². The monoisotopic (exact) mass is 387 g/mol. The Morgan fingerprint density at radius 1 is 1.07 bits per heavy atom. The molecule has 2 rings (SSSR count). The zero-order valence-corrected chi connectivity index (χ0v) is 15.6. The summed E-state index contributed by atoms with van der Waals surface area (Å²) in [6.45, 7) is 4.35. The molecule has 0 atom stereocenters. The molecular formula is C19H21N3O6. The zero-order valence-electron chi connectivity index (χ0n) is 15.6. The van der Waals surface area contributed by atoms with Crippen LogP contribution >= 0.6 is 0 Å². The van der Waals surface area contributed by atoms with Gasteiger partial charge in [0.2, 0.25) is 0 Å². The van der Waals surface area contributed by atoms with Gasteiger partial charge in [0.05, 0.1) is 24.4 Å². The Balaban J connectivity index is 1.93. The number of ether oxygens (including phenoxy) is 3. The van der Waals surface area contributed by atoms with Crippen LogP contribution in [0.5, 0.6) is 17.2 Å². The van der Waals surface area contributed by atoms with E-state index in [0.717, 1.165) is 0 Å². The molecule has 0 heterocycles. The Morgan fingerprint density at radius 3 is 2.50 bits per heavy atom. The van der Waals surface area contributed by atoms with Crippen molar-refractivity contribution < 1.29 is 23.9 Å². The number of carbonyl (C=O) groups is 1. The molecule has 2 aromatic rings. The number of hydrogen-bond donors (Lipinski definition) is 1. The minimum absolute atomic E-state index is 0.0134. The molecule has 0 aliphatic rings. The maximum absolute atomic E-state index is 11.8. The van der Waals surface area contributed by atoms with E-state index in [4.69, 9.17) is 14.2 Å². The lowest BCUT2D eigenvalue weighted by molar-refractivity contribution is -0.385. The van der Waals surface area contributed by atoms with Crippen molar-refractivity contribution in [3.8, 4) is 17.2 Å². The van der Waals surface area contributed by atoms with Crippen LogP contribution in [-0.4, -0.2) is 36.9 Å². The van der Waals surface area contributed by atoms with Gasteiger partial charge < -0.3 is 14.2 Å². The van der Waals surface area contributed by atoms with Gasteiger partial charge in [0, 0.05) is 6.07 Å². The molecule has 0 aliphatic carbocycles. The molecule has 0 bridgehead atoms. The van der Waals surface area contributed by atoms with Crippen LogP contribution in [-0.2, 0) is 4.79 Å². The van der Waals surface area contributed by atoms with Gasteiger partial charge in [0.1, 0.15) is 0 Å². The number of nitro groups is 1. The summed E-state index contributed by atoms with van der Waals surface area (Å²) in [5, 5.41) is 14.8. The minimum Gasteiger partial charge on any atom is -0.490 e. The van der Waals surface area contributed by atoms with E-state index in [0.29, 0.717) is 30.3 Å². The van der Waals surface area contributed by atoms with E-state index in [1.165, 1.54) is 24.4 Å². The second-order valence-electron chi connectivity index (χ2n) is 5.38. The van der Waals surface area contributed by atoms with Gasteiger partial charge in [-0.15, -0.1) is 0 Å². The van der Waals surface area contributed by atoms with Crippen LogP contribution in [0.25, 0.3) is 0 Å². The Kier molecular flexibility index (Phi) is 7.77. The van der Waals surface area contributed by atoms with Crippen LogP contribution in [0.3, 0.4) is 0 Å². The van der Waals surface area contributed by atoms with Crippen molar-refractivity contribution in [1.29, 1.82) is 0 Å². The van der Waals surface area contributed by atoms with Gasteiger partial charge in [-0.3, -0.25) is 14.9 Å². The van der Waals surface area contributed by atoms with E-state index >= 15 is 0 Å². The number of nitrogens with one attached hydrogen (secondary N) is 1. The molecule has 9 heteroatoms. The summed E-state index contributed by atoms with van der Waals surface area (Å²) < 4.78 is 16.2. The average molecular weight is 387 g/mol. The smallest absolute Gasteiger partial charge is 0.310 e. The van der Waals surface area contributed by atoms with Gasteiger partial charge >= 0.3 is 5.69 Å². The van der Waals surface area contributed by atoms with Crippen LogP contribution in [0.15, 0.2) is 47.6 Å². The van der Waals surface area contributed by atoms with E-state index in [-0.39, 0.29) is 11.4 Å². The number of para-hydroxylation sites is 2. The molecule has 2 aromatic carbocycles. The third kappa shape index (κ3) is 5.97. The zero-order chi connectivity index (χ0) is 20.4. The highest BCUT2D eigenvalue weighted by atomic mass is 16.6. The third-order valence-corrected chi connectivity index (χ3v) is 3.39. The summed E-state index contributed by atoms with van der Waals surface area (Å²) in [5.41, 5.74) is 2.79. The number of nitrogens with zero attached hydrogens (tertiary/aromatic N) is 2. The normalized spacial score (nSPS) is 10.5. The number of rotatable bonds is 10. The highest BCUT2D eigenvalue weighted by Crippen LogP contribution is 2.28. The minimum atomic E-state index is -0.576. The molecule has 0 aliphatic heterocycles. The van der Waals surface area contributed by atoms with Crippen molar-refractivity contribution in [1.82, 2.24) is 5.43 Å². The molecule has 1 amide bonds. The predicted octanol–water partition coefficient (Wildman–Crippen LogP) is 2.92. The van der Waals surface area contributed by atoms with Gasteiger partial charge in [-0.1, -0.05) is 12.1 Å². The average Bonchev–Trinajstić information content (AvgIpc) is 2.69. The quantitative estimate of drug-likeness (QED) is 0.381. The van der Waals surface area contributed by atoms with E-state index in [1.54, 1.807) is 24.3 Å². The van der Waals surface area contributed by atoms with Gasteiger partial charge in [0.15, 0.2) is 23.9 Å². The Morgan fingerprint density at radius 2 is 1.79 bits per heavy atom. The van der Waals surface area contributed by atoms with Gasteiger partial charge in [-0.05, 0) is 43.7 Å². The Bertz CT molecular complexity index is 853. The first-order valence-electron chi connectivity index (χ1n) is 8.62. The number of amides is 1. The first-order chi connectivity index (χ1) is 13.5. The van der Waals surface area contributed by atoms with Crippen molar-refractivity contribution in [2.24, 2.45) is 5.10 Å². The largest absolute Gasteiger partial charge is 0.490 e. The SMILES string of the molecule is CCOc1ccc(C=NNC(=O)COc2ccccc2[N+](=O)[O-])cc1OCC. The van der Waals surface area contributed by atoms with Crippen LogP contribution in [0.2, 0.25) is 0 Å². The van der Waals surface area contributed by atoms with E-state index in [9.17, 15) is 14.9 Å². The molecule has 0 aromatic heterocycles. The standard InChI is InChI=1S/C19H21N3O6/c1-3-26-17-10-9-14(11-18(17)27-4-2)12-20-21-19(23)13-28-16-8-6-5-7-15(16)22(24)25/h5-12H,3-4,13H2,1-2H3,(H,21,23). The maximum atomic E-state index is 11.8. The lowest BCUT2D eigenvalue weighted by atomic mass is 10.2. The second kappa shape index (κ2) is 10.5. The highest BCUT2D eigenvalue weighted by Gasteiger charge is 2.14. The van der Waals surface area contributed by atoms with Crippen molar-refractivity contribution >= 4 is 17.8 Å². The number of carbonyl (C=O) groups excluding carboxylic acids is 1. The predicted molar refractivity (Wildman–Crippen MR) is 103 cm³/mol. The van der Waals surface area contributed by atoms with Crippen molar-refractivity contribution in [2.75, 3.05) is 19.8 Å². The van der Waals surface area contributed by atoms with Crippen molar-refractivity contribution in [3.05, 3.63) is 58.1 Å².